The molecule has 1 rings (SSSR count). The van der Waals surface area contributed by atoms with Gasteiger partial charge in [0.15, 0.2) is 5.84 Å². The second-order valence-corrected chi connectivity index (χ2v) is 3.45. The van der Waals surface area contributed by atoms with Crippen LogP contribution in [-0.4, -0.2) is 25.1 Å². The Labute approximate surface area is 87.6 Å². The van der Waals surface area contributed by atoms with E-state index in [1.807, 2.05) is 25.1 Å². The molecule has 5 heteroatoms. The Morgan fingerprint density at radius 2 is 2.14 bits per heavy atom. The first-order valence-electron chi connectivity index (χ1n) is 4.01. The molecule has 0 heterocycles. The molecular formula is C9H12ClN3O. The second kappa shape index (κ2) is 4.19. The molecule has 1 aromatic rings. The van der Waals surface area contributed by atoms with E-state index < -0.39 is 0 Å². The molecule has 0 unspecified atom stereocenters. The molecule has 0 aliphatic carbocycles. The van der Waals surface area contributed by atoms with Gasteiger partial charge in [-0.15, -0.1) is 0 Å². The summed E-state index contributed by atoms with van der Waals surface area (Å²) in [7, 11) is 3.82. The van der Waals surface area contributed by atoms with E-state index in [0.29, 0.717) is 10.6 Å². The monoisotopic (exact) mass is 213 g/mol. The van der Waals surface area contributed by atoms with Gasteiger partial charge in [-0.05, 0) is 18.2 Å². The highest BCUT2D eigenvalue weighted by Gasteiger charge is 2.06. The Morgan fingerprint density at radius 1 is 1.50 bits per heavy atom. The van der Waals surface area contributed by atoms with Crippen molar-refractivity contribution in [2.75, 3.05) is 19.0 Å². The number of amidine groups is 1. The number of anilines is 1. The summed E-state index contributed by atoms with van der Waals surface area (Å²) in [4.78, 5) is 1.92. The van der Waals surface area contributed by atoms with E-state index in [1.165, 1.54) is 0 Å². The highest BCUT2D eigenvalue weighted by Crippen LogP contribution is 2.22. The van der Waals surface area contributed by atoms with Gasteiger partial charge < -0.3 is 15.8 Å². The lowest BCUT2D eigenvalue weighted by molar-refractivity contribution is 0.318. The standard InChI is InChI=1S/C9H12ClN3O/c1-13(2)6-3-4-7(8(10)5-6)9(11)12-14/h3-5,14H,1-2H3,(H2,11,12). The summed E-state index contributed by atoms with van der Waals surface area (Å²) >= 11 is 5.95. The van der Waals surface area contributed by atoms with Crippen molar-refractivity contribution >= 4 is 23.1 Å². The van der Waals surface area contributed by atoms with E-state index in [4.69, 9.17) is 22.5 Å². The number of hydrogen-bond donors (Lipinski definition) is 2. The molecule has 0 saturated heterocycles. The van der Waals surface area contributed by atoms with Gasteiger partial charge in [0, 0.05) is 25.3 Å². The van der Waals surface area contributed by atoms with E-state index in [-0.39, 0.29) is 5.84 Å². The molecule has 0 atom stereocenters. The van der Waals surface area contributed by atoms with Crippen molar-refractivity contribution in [1.82, 2.24) is 0 Å². The van der Waals surface area contributed by atoms with Crippen LogP contribution in [0.25, 0.3) is 0 Å². The summed E-state index contributed by atoms with van der Waals surface area (Å²) in [6.07, 6.45) is 0. The van der Waals surface area contributed by atoms with E-state index in [0.717, 1.165) is 5.69 Å². The van der Waals surface area contributed by atoms with E-state index in [1.54, 1.807) is 12.1 Å². The lowest BCUT2D eigenvalue weighted by Crippen LogP contribution is -2.14. The highest BCUT2D eigenvalue weighted by atomic mass is 35.5. The summed E-state index contributed by atoms with van der Waals surface area (Å²) in [5, 5.41) is 11.8. The van der Waals surface area contributed by atoms with Crippen LogP contribution in [0.3, 0.4) is 0 Å². The van der Waals surface area contributed by atoms with Crippen LogP contribution >= 0.6 is 11.6 Å². The summed E-state index contributed by atoms with van der Waals surface area (Å²) in [5.74, 6) is 0.0142. The SMILES string of the molecule is CN(C)c1ccc(C(N)=NO)c(Cl)c1. The van der Waals surface area contributed by atoms with Crippen molar-refractivity contribution in [3.63, 3.8) is 0 Å². The van der Waals surface area contributed by atoms with Crippen molar-refractivity contribution < 1.29 is 5.21 Å². The lowest BCUT2D eigenvalue weighted by atomic mass is 10.2. The van der Waals surface area contributed by atoms with Gasteiger partial charge >= 0.3 is 0 Å². The molecule has 0 radical (unpaired) electrons. The van der Waals surface area contributed by atoms with Crippen molar-refractivity contribution in [3.05, 3.63) is 28.8 Å². The smallest absolute Gasteiger partial charge is 0.171 e. The van der Waals surface area contributed by atoms with Crippen molar-refractivity contribution in [2.24, 2.45) is 10.9 Å². The first kappa shape index (κ1) is 10.7. The fourth-order valence-electron chi connectivity index (χ4n) is 1.04. The number of benzene rings is 1. The van der Waals surface area contributed by atoms with Gasteiger partial charge in [-0.1, -0.05) is 16.8 Å². The fraction of sp³-hybridized carbons (Fsp3) is 0.222. The summed E-state index contributed by atoms with van der Waals surface area (Å²) in [6, 6.07) is 5.32. The number of rotatable bonds is 2. The third kappa shape index (κ3) is 2.09. The maximum Gasteiger partial charge on any atom is 0.171 e. The van der Waals surface area contributed by atoms with Gasteiger partial charge in [-0.3, -0.25) is 0 Å². The summed E-state index contributed by atoms with van der Waals surface area (Å²) in [6.45, 7) is 0. The number of oxime groups is 1. The largest absolute Gasteiger partial charge is 0.409 e. The van der Waals surface area contributed by atoms with Crippen LogP contribution in [0.2, 0.25) is 5.02 Å². The van der Waals surface area contributed by atoms with Crippen LogP contribution in [0.5, 0.6) is 0 Å². The minimum atomic E-state index is 0.0142. The van der Waals surface area contributed by atoms with Gasteiger partial charge in [0.1, 0.15) is 0 Å². The molecule has 14 heavy (non-hydrogen) atoms. The molecule has 0 aliphatic heterocycles. The fourth-order valence-corrected chi connectivity index (χ4v) is 1.32. The molecule has 0 aromatic heterocycles. The molecule has 3 N–H and O–H groups in total. The number of nitrogens with zero attached hydrogens (tertiary/aromatic N) is 2. The molecule has 0 saturated carbocycles. The topological polar surface area (TPSA) is 61.8 Å². The number of hydrogen-bond acceptors (Lipinski definition) is 3. The minimum absolute atomic E-state index is 0.0142. The van der Waals surface area contributed by atoms with Crippen LogP contribution in [-0.2, 0) is 0 Å². The maximum absolute atomic E-state index is 8.49. The zero-order chi connectivity index (χ0) is 10.7. The maximum atomic E-state index is 8.49. The highest BCUT2D eigenvalue weighted by molar-refractivity contribution is 6.34. The number of nitrogens with two attached hydrogens (primary N) is 1. The Balaban J connectivity index is 3.14. The van der Waals surface area contributed by atoms with E-state index >= 15 is 0 Å². The first-order valence-corrected chi connectivity index (χ1v) is 4.39. The minimum Gasteiger partial charge on any atom is -0.409 e. The molecule has 0 bridgehead atoms. The van der Waals surface area contributed by atoms with Gasteiger partial charge in [0.2, 0.25) is 0 Å². The molecule has 76 valence electrons. The second-order valence-electron chi connectivity index (χ2n) is 3.04. The molecule has 4 nitrogen and oxygen atoms in total. The molecule has 0 spiro atoms. The molecule has 0 amide bonds. The van der Waals surface area contributed by atoms with E-state index in [2.05, 4.69) is 5.16 Å². The summed E-state index contributed by atoms with van der Waals surface area (Å²) in [5.41, 5.74) is 6.91. The predicted molar refractivity (Wildman–Crippen MR) is 58.3 cm³/mol. The Bertz CT molecular complexity index is 363. The molecule has 1 aromatic carbocycles. The molecule has 0 fully saturated rings. The lowest BCUT2D eigenvalue weighted by Gasteiger charge is -2.13. The average Bonchev–Trinajstić information content (AvgIpc) is 2.16. The molecule has 0 aliphatic rings. The van der Waals surface area contributed by atoms with Gasteiger partial charge in [0.05, 0.1) is 5.02 Å². The Hall–Kier alpha value is -1.42. The zero-order valence-corrected chi connectivity index (χ0v) is 8.78. The van der Waals surface area contributed by atoms with Gasteiger partial charge in [-0.2, -0.15) is 0 Å². The molecular weight excluding hydrogens is 202 g/mol. The predicted octanol–water partition coefficient (Wildman–Crippen LogP) is 1.50. The average molecular weight is 214 g/mol. The quantitative estimate of drug-likeness (QED) is 0.339. The van der Waals surface area contributed by atoms with Gasteiger partial charge in [-0.25, -0.2) is 0 Å². The normalized spacial score (nSPS) is 11.5. The Morgan fingerprint density at radius 3 is 2.57 bits per heavy atom. The van der Waals surface area contributed by atoms with Crippen LogP contribution in [0.15, 0.2) is 23.4 Å². The van der Waals surface area contributed by atoms with Gasteiger partial charge in [0.25, 0.3) is 0 Å². The first-order chi connectivity index (χ1) is 6.56. The Kier molecular flexibility index (Phi) is 3.19. The van der Waals surface area contributed by atoms with Crippen LogP contribution in [0.1, 0.15) is 5.56 Å². The zero-order valence-electron chi connectivity index (χ0n) is 8.03. The third-order valence-electron chi connectivity index (χ3n) is 1.85. The summed E-state index contributed by atoms with van der Waals surface area (Å²) < 4.78 is 0. The van der Waals surface area contributed by atoms with Crippen LogP contribution < -0.4 is 10.6 Å². The van der Waals surface area contributed by atoms with Crippen LogP contribution in [0, 0.1) is 0 Å². The van der Waals surface area contributed by atoms with Crippen molar-refractivity contribution in [1.29, 1.82) is 0 Å². The number of halogens is 1. The third-order valence-corrected chi connectivity index (χ3v) is 2.17. The van der Waals surface area contributed by atoms with E-state index in [9.17, 15) is 0 Å². The van der Waals surface area contributed by atoms with Crippen molar-refractivity contribution in [2.45, 2.75) is 0 Å². The van der Waals surface area contributed by atoms with Crippen molar-refractivity contribution in [3.8, 4) is 0 Å². The van der Waals surface area contributed by atoms with Crippen LogP contribution in [0.4, 0.5) is 5.69 Å².